The van der Waals surface area contributed by atoms with Crippen molar-refractivity contribution < 1.29 is 13.5 Å². The van der Waals surface area contributed by atoms with Crippen LogP contribution in [-0.4, -0.2) is 30.6 Å². The lowest BCUT2D eigenvalue weighted by atomic mass is 9.85. The quantitative estimate of drug-likeness (QED) is 0.903. The van der Waals surface area contributed by atoms with E-state index in [0.717, 1.165) is 5.56 Å². The molecule has 4 heteroatoms. The van der Waals surface area contributed by atoms with Gasteiger partial charge in [0.2, 0.25) is 0 Å². The molecule has 0 bridgehead atoms. The minimum Gasteiger partial charge on any atom is -0.388 e. The molecule has 1 aliphatic rings. The van der Waals surface area contributed by atoms with Crippen molar-refractivity contribution in [2.45, 2.75) is 44.6 Å². The predicted molar refractivity (Wildman–Crippen MR) is 77.1 cm³/mol. The molecule has 1 N–H and O–H groups in total. The van der Waals surface area contributed by atoms with Crippen molar-refractivity contribution >= 4 is 9.84 Å². The summed E-state index contributed by atoms with van der Waals surface area (Å²) in [5, 5.41) is 10.3. The number of sulfone groups is 1. The monoisotopic (exact) mass is 282 g/mol. The third kappa shape index (κ3) is 3.57. The Labute approximate surface area is 115 Å². The number of aliphatic hydroxyl groups is 1. The highest BCUT2D eigenvalue weighted by Gasteiger charge is 2.40. The molecule has 2 rings (SSSR count). The highest BCUT2D eigenvalue weighted by Crippen LogP contribution is 2.28. The Morgan fingerprint density at radius 3 is 2.21 bits per heavy atom. The Hall–Kier alpha value is -0.870. The Morgan fingerprint density at radius 1 is 1.21 bits per heavy atom. The van der Waals surface area contributed by atoms with Gasteiger partial charge < -0.3 is 5.11 Å². The predicted octanol–water partition coefficient (Wildman–Crippen LogP) is 2.08. The molecular weight excluding hydrogens is 260 g/mol. The molecule has 0 radical (unpaired) electrons. The van der Waals surface area contributed by atoms with E-state index in [4.69, 9.17) is 0 Å². The summed E-state index contributed by atoms with van der Waals surface area (Å²) in [6.07, 6.45) is 0.757. The molecule has 1 aromatic rings. The maximum absolute atomic E-state index is 11.5. The van der Waals surface area contributed by atoms with Crippen LogP contribution in [0, 0.1) is 0 Å². The van der Waals surface area contributed by atoms with E-state index in [-0.39, 0.29) is 16.9 Å². The van der Waals surface area contributed by atoms with Crippen LogP contribution in [0.5, 0.6) is 0 Å². The van der Waals surface area contributed by atoms with Crippen LogP contribution in [0.25, 0.3) is 0 Å². The zero-order valence-corrected chi connectivity index (χ0v) is 12.6. The lowest BCUT2D eigenvalue weighted by molar-refractivity contribution is 0.0682. The maximum atomic E-state index is 11.5. The van der Waals surface area contributed by atoms with Crippen LogP contribution in [0.1, 0.15) is 38.3 Å². The molecule has 1 aliphatic heterocycles. The first-order valence-electron chi connectivity index (χ1n) is 6.62. The Balaban J connectivity index is 2.13. The molecular formula is C15H22O3S. The lowest BCUT2D eigenvalue weighted by Crippen LogP contribution is -2.32. The van der Waals surface area contributed by atoms with Crippen molar-refractivity contribution in [2.75, 3.05) is 11.5 Å². The molecule has 1 aromatic carbocycles. The minimum absolute atomic E-state index is 0.101. The molecule has 1 unspecified atom stereocenters. The normalized spacial score (nSPS) is 26.5. The van der Waals surface area contributed by atoms with E-state index >= 15 is 0 Å². The van der Waals surface area contributed by atoms with E-state index in [0.29, 0.717) is 12.8 Å². The van der Waals surface area contributed by atoms with Gasteiger partial charge in [-0.1, -0.05) is 45.0 Å². The van der Waals surface area contributed by atoms with Gasteiger partial charge in [-0.25, -0.2) is 8.42 Å². The second kappa shape index (κ2) is 4.60. The number of benzene rings is 1. The largest absolute Gasteiger partial charge is 0.388 e. The summed E-state index contributed by atoms with van der Waals surface area (Å²) < 4.78 is 22.9. The summed E-state index contributed by atoms with van der Waals surface area (Å²) in [7, 11) is -3.06. The van der Waals surface area contributed by atoms with Crippen molar-refractivity contribution in [3.8, 4) is 0 Å². The van der Waals surface area contributed by atoms with Crippen LogP contribution >= 0.6 is 0 Å². The van der Waals surface area contributed by atoms with Crippen LogP contribution in [0.4, 0.5) is 0 Å². The van der Waals surface area contributed by atoms with E-state index in [9.17, 15) is 13.5 Å². The van der Waals surface area contributed by atoms with Gasteiger partial charge in [-0.15, -0.1) is 0 Å². The number of hydrogen-bond acceptors (Lipinski definition) is 3. The zero-order chi connectivity index (χ0) is 14.3. The van der Waals surface area contributed by atoms with E-state index in [1.807, 2.05) is 12.1 Å². The standard InChI is InChI=1S/C15H22O3S/c1-14(2,3)13-6-4-12(5-7-13)10-15(16)8-9-19(17,18)11-15/h4-7,16H,8-11H2,1-3H3. The van der Waals surface area contributed by atoms with Crippen molar-refractivity contribution in [1.29, 1.82) is 0 Å². The minimum atomic E-state index is -3.06. The highest BCUT2D eigenvalue weighted by molar-refractivity contribution is 7.91. The van der Waals surface area contributed by atoms with Crippen molar-refractivity contribution in [1.82, 2.24) is 0 Å². The summed E-state index contributed by atoms with van der Waals surface area (Å²) in [5.41, 5.74) is 1.25. The summed E-state index contributed by atoms with van der Waals surface area (Å²) >= 11 is 0. The number of rotatable bonds is 2. The summed E-state index contributed by atoms with van der Waals surface area (Å²) in [6, 6.07) is 8.09. The fourth-order valence-corrected chi connectivity index (χ4v) is 4.44. The van der Waals surface area contributed by atoms with Crippen molar-refractivity contribution in [2.24, 2.45) is 0 Å². The van der Waals surface area contributed by atoms with E-state index in [1.54, 1.807) is 0 Å². The molecule has 0 spiro atoms. The van der Waals surface area contributed by atoms with Gasteiger partial charge in [0.1, 0.15) is 0 Å². The zero-order valence-electron chi connectivity index (χ0n) is 11.8. The average Bonchev–Trinajstić information content (AvgIpc) is 2.52. The van der Waals surface area contributed by atoms with Gasteiger partial charge in [0, 0.05) is 6.42 Å². The van der Waals surface area contributed by atoms with E-state index in [2.05, 4.69) is 32.9 Å². The topological polar surface area (TPSA) is 54.4 Å². The molecule has 0 aliphatic carbocycles. The van der Waals surface area contributed by atoms with Crippen molar-refractivity contribution in [3.05, 3.63) is 35.4 Å². The van der Waals surface area contributed by atoms with Crippen LogP contribution in [-0.2, 0) is 21.7 Å². The SMILES string of the molecule is CC(C)(C)c1ccc(CC2(O)CCS(=O)(=O)C2)cc1. The Morgan fingerprint density at radius 2 is 1.79 bits per heavy atom. The average molecular weight is 282 g/mol. The van der Waals surface area contributed by atoms with Crippen LogP contribution < -0.4 is 0 Å². The smallest absolute Gasteiger partial charge is 0.153 e. The van der Waals surface area contributed by atoms with E-state index in [1.165, 1.54) is 5.56 Å². The second-order valence-electron chi connectivity index (χ2n) is 6.69. The maximum Gasteiger partial charge on any atom is 0.153 e. The molecule has 3 nitrogen and oxygen atoms in total. The molecule has 0 aromatic heterocycles. The highest BCUT2D eigenvalue weighted by atomic mass is 32.2. The molecule has 1 heterocycles. The van der Waals surface area contributed by atoms with Gasteiger partial charge in [0.05, 0.1) is 17.1 Å². The molecule has 106 valence electrons. The van der Waals surface area contributed by atoms with Crippen LogP contribution in [0.2, 0.25) is 0 Å². The fraction of sp³-hybridized carbons (Fsp3) is 0.600. The molecule has 1 atom stereocenters. The van der Waals surface area contributed by atoms with E-state index < -0.39 is 15.4 Å². The van der Waals surface area contributed by atoms with Gasteiger partial charge in [0.15, 0.2) is 9.84 Å². The lowest BCUT2D eigenvalue weighted by Gasteiger charge is -2.22. The molecule has 0 saturated carbocycles. The first-order valence-corrected chi connectivity index (χ1v) is 8.44. The van der Waals surface area contributed by atoms with Gasteiger partial charge in [0.25, 0.3) is 0 Å². The summed E-state index contributed by atoms with van der Waals surface area (Å²) in [6.45, 7) is 6.46. The third-order valence-corrected chi connectivity index (χ3v) is 5.52. The van der Waals surface area contributed by atoms with Crippen molar-refractivity contribution in [3.63, 3.8) is 0 Å². The summed E-state index contributed by atoms with van der Waals surface area (Å²) in [5.74, 6) is -0.00933. The van der Waals surface area contributed by atoms with Gasteiger partial charge >= 0.3 is 0 Å². The molecule has 19 heavy (non-hydrogen) atoms. The van der Waals surface area contributed by atoms with Crippen LogP contribution in [0.3, 0.4) is 0 Å². The second-order valence-corrected chi connectivity index (χ2v) is 8.87. The molecule has 1 fully saturated rings. The molecule has 1 saturated heterocycles. The Bertz CT molecular complexity index is 552. The Kier molecular flexibility index (Phi) is 3.52. The van der Waals surface area contributed by atoms with Crippen LogP contribution in [0.15, 0.2) is 24.3 Å². The third-order valence-electron chi connectivity index (χ3n) is 3.72. The van der Waals surface area contributed by atoms with Gasteiger partial charge in [-0.05, 0) is 23.0 Å². The first kappa shape index (κ1) is 14.5. The van der Waals surface area contributed by atoms with Gasteiger partial charge in [-0.3, -0.25) is 0 Å². The molecule has 0 amide bonds. The summed E-state index contributed by atoms with van der Waals surface area (Å²) in [4.78, 5) is 0. The fourth-order valence-electron chi connectivity index (χ4n) is 2.54. The first-order chi connectivity index (χ1) is 8.60. The number of hydrogen-bond donors (Lipinski definition) is 1. The van der Waals surface area contributed by atoms with Gasteiger partial charge in [-0.2, -0.15) is 0 Å².